The molecule has 0 saturated heterocycles. The maximum absolute atomic E-state index is 13.7. The molecule has 0 radical (unpaired) electrons. The van der Waals surface area contributed by atoms with Crippen LogP contribution in [0.3, 0.4) is 0 Å². The number of hydrogen-bond acceptors (Lipinski definition) is 5. The van der Waals surface area contributed by atoms with Gasteiger partial charge in [-0.15, -0.1) is 0 Å². The van der Waals surface area contributed by atoms with Crippen LogP contribution in [0.4, 0.5) is 5.69 Å². The summed E-state index contributed by atoms with van der Waals surface area (Å²) in [5.74, 6) is 0.111. The van der Waals surface area contributed by atoms with Crippen LogP contribution in [0, 0.1) is 13.8 Å². The van der Waals surface area contributed by atoms with Gasteiger partial charge in [-0.2, -0.15) is 0 Å². The van der Waals surface area contributed by atoms with Gasteiger partial charge in [-0.3, -0.25) is 9.59 Å². The Labute approximate surface area is 202 Å². The van der Waals surface area contributed by atoms with E-state index < -0.39 is 0 Å². The normalized spacial score (nSPS) is 18.4. The number of anilines is 1. The van der Waals surface area contributed by atoms with E-state index in [2.05, 4.69) is 10.1 Å². The fourth-order valence-electron chi connectivity index (χ4n) is 5.46. The predicted molar refractivity (Wildman–Crippen MR) is 135 cm³/mol. The average Bonchev–Trinajstić information content (AvgIpc) is 3.20. The summed E-state index contributed by atoms with van der Waals surface area (Å²) in [5.41, 5.74) is 8.86. The lowest BCUT2D eigenvalue weighted by atomic mass is 9.88. The molecule has 1 aliphatic carbocycles. The van der Waals surface area contributed by atoms with Crippen molar-refractivity contribution in [1.29, 1.82) is 0 Å². The van der Waals surface area contributed by atoms with Gasteiger partial charge in [0.1, 0.15) is 16.7 Å². The summed E-state index contributed by atoms with van der Waals surface area (Å²) in [6.45, 7) is 3.92. The first kappa shape index (κ1) is 22.5. The van der Waals surface area contributed by atoms with E-state index in [0.29, 0.717) is 28.1 Å². The molecule has 5 rings (SSSR count). The number of benzene rings is 2. The van der Waals surface area contributed by atoms with Gasteiger partial charge in [0.15, 0.2) is 0 Å². The minimum Gasteiger partial charge on any atom is -0.368 e. The van der Waals surface area contributed by atoms with E-state index >= 15 is 0 Å². The lowest BCUT2D eigenvalue weighted by Gasteiger charge is -2.40. The Kier molecular flexibility index (Phi) is 5.81. The third-order valence-electron chi connectivity index (χ3n) is 6.96. The Morgan fingerprint density at radius 2 is 1.97 bits per heavy atom. The number of aromatic nitrogens is 2. The van der Waals surface area contributed by atoms with Crippen LogP contribution in [-0.2, 0) is 4.79 Å². The monoisotopic (exact) mass is 478 g/mol. The molecular formula is C26H27ClN4O3. The lowest BCUT2D eigenvalue weighted by molar-refractivity contribution is -0.116. The number of carbonyl (C=O) groups is 1. The van der Waals surface area contributed by atoms with E-state index in [1.54, 1.807) is 13.0 Å². The number of aryl methyl sites for hydroxylation is 2. The molecule has 2 unspecified atom stereocenters. The smallest absolute Gasteiger partial charge is 0.264 e. The molecule has 2 aromatic carbocycles. The predicted octanol–water partition coefficient (Wildman–Crippen LogP) is 4.89. The SMILES string of the molecule is Cc1ccccc1N(CC(N)=O)C1CCCC(n2c(=O)c3c(C)onc3c3c(Cl)cccc32)C1. The van der Waals surface area contributed by atoms with E-state index in [0.717, 1.165) is 41.4 Å². The van der Waals surface area contributed by atoms with E-state index in [4.69, 9.17) is 21.9 Å². The third kappa shape index (κ3) is 3.74. The van der Waals surface area contributed by atoms with Crippen LogP contribution >= 0.6 is 11.6 Å². The van der Waals surface area contributed by atoms with Gasteiger partial charge in [0.25, 0.3) is 5.56 Å². The van der Waals surface area contributed by atoms with Gasteiger partial charge in [0, 0.05) is 23.2 Å². The molecule has 0 spiro atoms. The second kappa shape index (κ2) is 8.80. The number of nitrogens with zero attached hydrogens (tertiary/aromatic N) is 3. The summed E-state index contributed by atoms with van der Waals surface area (Å²) in [7, 11) is 0. The molecule has 7 nitrogen and oxygen atoms in total. The van der Waals surface area contributed by atoms with E-state index in [-0.39, 0.29) is 30.1 Å². The van der Waals surface area contributed by atoms with Gasteiger partial charge >= 0.3 is 0 Å². The third-order valence-corrected chi connectivity index (χ3v) is 7.27. The van der Waals surface area contributed by atoms with Crippen molar-refractivity contribution in [2.75, 3.05) is 11.4 Å². The molecule has 1 saturated carbocycles. The highest BCUT2D eigenvalue weighted by atomic mass is 35.5. The number of fused-ring (bicyclic) bond motifs is 3. The van der Waals surface area contributed by atoms with Gasteiger partial charge < -0.3 is 19.7 Å². The zero-order chi connectivity index (χ0) is 24.0. The number of para-hydroxylation sites is 1. The standard InChI is InChI=1S/C26H27ClN4O3/c1-15-7-3-4-11-20(15)30(14-22(28)32)17-8-5-9-18(13-17)31-21-12-6-10-19(27)24(21)25-23(26(31)33)16(2)34-29-25/h3-4,6-7,10-12,17-18H,5,8-9,13-14H2,1-2H3,(H2,28,32). The Morgan fingerprint density at radius 1 is 1.18 bits per heavy atom. The number of carbonyl (C=O) groups excluding carboxylic acids is 1. The largest absolute Gasteiger partial charge is 0.368 e. The number of halogens is 1. The molecule has 1 fully saturated rings. The summed E-state index contributed by atoms with van der Waals surface area (Å²) in [6, 6.07) is 13.6. The zero-order valence-corrected chi connectivity index (χ0v) is 20.0. The summed E-state index contributed by atoms with van der Waals surface area (Å²) >= 11 is 6.59. The van der Waals surface area contributed by atoms with Crippen molar-refractivity contribution in [2.45, 2.75) is 51.6 Å². The molecule has 34 heavy (non-hydrogen) atoms. The number of hydrogen-bond donors (Lipinski definition) is 1. The Morgan fingerprint density at radius 3 is 2.74 bits per heavy atom. The van der Waals surface area contributed by atoms with E-state index in [1.807, 2.05) is 47.9 Å². The van der Waals surface area contributed by atoms with Crippen LogP contribution in [0.15, 0.2) is 51.8 Å². The summed E-state index contributed by atoms with van der Waals surface area (Å²) < 4.78 is 7.26. The molecule has 8 heteroatoms. The van der Waals surface area contributed by atoms with Crippen molar-refractivity contribution in [2.24, 2.45) is 5.73 Å². The Balaban J connectivity index is 1.63. The number of rotatable bonds is 5. The van der Waals surface area contributed by atoms with Gasteiger partial charge in [-0.25, -0.2) is 0 Å². The lowest BCUT2D eigenvalue weighted by Crippen LogP contribution is -2.45. The Bertz CT molecular complexity index is 1460. The van der Waals surface area contributed by atoms with Crippen molar-refractivity contribution in [3.63, 3.8) is 0 Å². The van der Waals surface area contributed by atoms with Crippen LogP contribution in [0.25, 0.3) is 21.8 Å². The first-order valence-corrected chi connectivity index (χ1v) is 11.9. The maximum Gasteiger partial charge on any atom is 0.264 e. The number of amides is 1. The number of pyridine rings is 1. The molecule has 2 atom stereocenters. The van der Waals surface area contributed by atoms with Crippen molar-refractivity contribution in [1.82, 2.24) is 9.72 Å². The van der Waals surface area contributed by atoms with Gasteiger partial charge in [-0.05, 0) is 63.3 Å². The summed E-state index contributed by atoms with van der Waals surface area (Å²) in [4.78, 5) is 27.9. The molecule has 2 heterocycles. The Hall–Kier alpha value is -3.32. The molecule has 4 aromatic rings. The molecule has 2 N–H and O–H groups in total. The highest BCUT2D eigenvalue weighted by molar-refractivity contribution is 6.37. The fraction of sp³-hybridized carbons (Fsp3) is 0.346. The van der Waals surface area contributed by atoms with Gasteiger partial charge in [-0.1, -0.05) is 41.0 Å². The van der Waals surface area contributed by atoms with Gasteiger partial charge in [0.2, 0.25) is 5.91 Å². The number of primary amides is 1. The minimum absolute atomic E-state index is 0.0627. The van der Waals surface area contributed by atoms with Gasteiger partial charge in [0.05, 0.1) is 17.1 Å². The second-order valence-electron chi connectivity index (χ2n) is 9.13. The highest BCUT2D eigenvalue weighted by Gasteiger charge is 2.32. The van der Waals surface area contributed by atoms with Crippen molar-refractivity contribution < 1.29 is 9.32 Å². The average molecular weight is 479 g/mol. The van der Waals surface area contributed by atoms with Crippen LogP contribution in [0.2, 0.25) is 5.02 Å². The molecule has 0 aliphatic heterocycles. The molecule has 176 valence electrons. The first-order valence-electron chi connectivity index (χ1n) is 11.6. The maximum atomic E-state index is 13.7. The quantitative estimate of drug-likeness (QED) is 0.440. The highest BCUT2D eigenvalue weighted by Crippen LogP contribution is 2.38. The minimum atomic E-state index is -0.374. The van der Waals surface area contributed by atoms with E-state index in [9.17, 15) is 9.59 Å². The van der Waals surface area contributed by atoms with Crippen molar-refractivity contribution in [3.8, 4) is 0 Å². The number of nitrogens with two attached hydrogens (primary N) is 1. The van der Waals surface area contributed by atoms with Crippen molar-refractivity contribution >= 4 is 45.0 Å². The summed E-state index contributed by atoms with van der Waals surface area (Å²) in [5, 5.41) is 5.88. The van der Waals surface area contributed by atoms with Crippen LogP contribution in [0.1, 0.15) is 43.0 Å². The fourth-order valence-corrected chi connectivity index (χ4v) is 5.71. The second-order valence-corrected chi connectivity index (χ2v) is 9.53. The molecule has 0 bridgehead atoms. The molecule has 1 aliphatic rings. The summed E-state index contributed by atoms with van der Waals surface area (Å²) in [6.07, 6.45) is 3.40. The van der Waals surface area contributed by atoms with Crippen LogP contribution < -0.4 is 16.2 Å². The molecule has 2 aromatic heterocycles. The first-order chi connectivity index (χ1) is 16.4. The van der Waals surface area contributed by atoms with Crippen LogP contribution in [-0.4, -0.2) is 28.2 Å². The molecule has 1 amide bonds. The van der Waals surface area contributed by atoms with Crippen LogP contribution in [0.5, 0.6) is 0 Å². The molecular weight excluding hydrogens is 452 g/mol. The van der Waals surface area contributed by atoms with Crippen molar-refractivity contribution in [3.05, 3.63) is 69.2 Å². The van der Waals surface area contributed by atoms with E-state index in [1.165, 1.54) is 0 Å². The topological polar surface area (TPSA) is 94.4 Å². The zero-order valence-electron chi connectivity index (χ0n) is 19.3.